The molecule has 4 heterocycles. The van der Waals surface area contributed by atoms with Gasteiger partial charge in [-0.05, 0) is 19.8 Å². The lowest BCUT2D eigenvalue weighted by molar-refractivity contribution is 0.638. The molecule has 0 aliphatic carbocycles. The Labute approximate surface area is 153 Å². The van der Waals surface area contributed by atoms with Crippen LogP contribution >= 0.6 is 0 Å². The van der Waals surface area contributed by atoms with Gasteiger partial charge in [0.15, 0.2) is 11.5 Å². The van der Waals surface area contributed by atoms with Crippen LogP contribution in [0.15, 0.2) is 18.5 Å². The summed E-state index contributed by atoms with van der Waals surface area (Å²) in [7, 11) is 0. The zero-order valence-corrected chi connectivity index (χ0v) is 15.0. The van der Waals surface area contributed by atoms with Gasteiger partial charge >= 0.3 is 0 Å². The molecule has 0 amide bonds. The lowest BCUT2D eigenvalue weighted by Gasteiger charge is -2.36. The Morgan fingerprint density at radius 1 is 0.885 bits per heavy atom. The fraction of sp³-hybridized carbons (Fsp3) is 0.500. The van der Waals surface area contributed by atoms with Crippen molar-refractivity contribution in [1.29, 1.82) is 5.26 Å². The summed E-state index contributed by atoms with van der Waals surface area (Å²) in [6.45, 7) is 7.35. The van der Waals surface area contributed by atoms with Crippen molar-refractivity contribution < 1.29 is 0 Å². The normalized spacial score (nSPS) is 17.5. The monoisotopic (exact) mass is 350 g/mol. The van der Waals surface area contributed by atoms with E-state index < -0.39 is 0 Å². The first-order valence-corrected chi connectivity index (χ1v) is 9.06. The van der Waals surface area contributed by atoms with Crippen molar-refractivity contribution >= 4 is 17.6 Å². The van der Waals surface area contributed by atoms with Crippen LogP contribution in [0.25, 0.3) is 0 Å². The van der Waals surface area contributed by atoms with Crippen molar-refractivity contribution in [3.8, 4) is 6.07 Å². The maximum Gasteiger partial charge on any atom is 0.227 e. The third-order valence-corrected chi connectivity index (χ3v) is 4.91. The van der Waals surface area contributed by atoms with Gasteiger partial charge in [-0.15, -0.1) is 0 Å². The second kappa shape index (κ2) is 7.12. The minimum Gasteiger partial charge on any atom is -0.353 e. The summed E-state index contributed by atoms with van der Waals surface area (Å²) in [6.07, 6.45) is 5.62. The summed E-state index contributed by atoms with van der Waals surface area (Å²) in [5.41, 5.74) is 1.38. The average Bonchev–Trinajstić information content (AvgIpc) is 3.22. The van der Waals surface area contributed by atoms with E-state index in [1.54, 1.807) is 12.4 Å². The Bertz CT molecular complexity index is 816. The third kappa shape index (κ3) is 3.25. The molecule has 134 valence electrons. The molecule has 0 saturated carbocycles. The van der Waals surface area contributed by atoms with Crippen LogP contribution in [-0.2, 0) is 0 Å². The Kier molecular flexibility index (Phi) is 4.52. The molecule has 2 aliphatic rings. The number of hydrogen-bond acceptors (Lipinski definition) is 8. The number of anilines is 3. The number of piperazine rings is 1. The van der Waals surface area contributed by atoms with Gasteiger partial charge in [0, 0.05) is 63.4 Å². The van der Waals surface area contributed by atoms with Crippen LogP contribution in [0.5, 0.6) is 0 Å². The van der Waals surface area contributed by atoms with Gasteiger partial charge in [-0.1, -0.05) is 0 Å². The first-order valence-electron chi connectivity index (χ1n) is 9.06. The summed E-state index contributed by atoms with van der Waals surface area (Å²) in [4.78, 5) is 24.6. The van der Waals surface area contributed by atoms with E-state index in [2.05, 4.69) is 41.8 Å². The van der Waals surface area contributed by atoms with Gasteiger partial charge in [-0.25, -0.2) is 15.0 Å². The highest BCUT2D eigenvalue weighted by molar-refractivity contribution is 5.52. The van der Waals surface area contributed by atoms with E-state index in [9.17, 15) is 5.26 Å². The molecule has 8 nitrogen and oxygen atoms in total. The molecule has 0 unspecified atom stereocenters. The van der Waals surface area contributed by atoms with Gasteiger partial charge in [-0.3, -0.25) is 0 Å². The smallest absolute Gasteiger partial charge is 0.227 e. The molecule has 26 heavy (non-hydrogen) atoms. The summed E-state index contributed by atoms with van der Waals surface area (Å²) in [5.74, 6) is 2.51. The first kappa shape index (κ1) is 16.5. The van der Waals surface area contributed by atoms with E-state index in [1.807, 2.05) is 6.92 Å². The Morgan fingerprint density at radius 2 is 1.58 bits per heavy atom. The molecule has 8 heteroatoms. The summed E-state index contributed by atoms with van der Waals surface area (Å²) >= 11 is 0. The van der Waals surface area contributed by atoms with Gasteiger partial charge in [0.25, 0.3) is 0 Å². The Balaban J connectivity index is 1.49. The van der Waals surface area contributed by atoms with E-state index in [4.69, 9.17) is 4.98 Å². The van der Waals surface area contributed by atoms with Crippen molar-refractivity contribution in [2.45, 2.75) is 19.8 Å². The Morgan fingerprint density at radius 3 is 2.31 bits per heavy atom. The number of aryl methyl sites for hydroxylation is 1. The topological polar surface area (TPSA) is 85.1 Å². The molecule has 0 bridgehead atoms. The summed E-state index contributed by atoms with van der Waals surface area (Å²) in [5, 5.41) is 9.23. The van der Waals surface area contributed by atoms with Crippen LogP contribution in [0.4, 0.5) is 17.6 Å². The fourth-order valence-electron chi connectivity index (χ4n) is 3.55. The maximum absolute atomic E-state index is 9.23. The molecular formula is C18H22N8. The average molecular weight is 350 g/mol. The van der Waals surface area contributed by atoms with E-state index >= 15 is 0 Å². The molecular weight excluding hydrogens is 328 g/mol. The maximum atomic E-state index is 9.23. The van der Waals surface area contributed by atoms with Gasteiger partial charge in [0.2, 0.25) is 5.95 Å². The highest BCUT2D eigenvalue weighted by atomic mass is 15.3. The molecule has 0 atom stereocenters. The summed E-state index contributed by atoms with van der Waals surface area (Å²) in [6, 6.07) is 4.18. The third-order valence-electron chi connectivity index (χ3n) is 4.91. The second-order valence-corrected chi connectivity index (χ2v) is 6.68. The van der Waals surface area contributed by atoms with Gasteiger partial charge in [0.1, 0.15) is 11.9 Å². The second-order valence-electron chi connectivity index (χ2n) is 6.68. The minimum atomic E-state index is 0.384. The summed E-state index contributed by atoms with van der Waals surface area (Å²) < 4.78 is 0. The SMILES string of the molecule is Cc1cc(N2CCN(c3nccnc3C#N)CC2)nc(N2CCCC2)n1. The molecule has 0 N–H and O–H groups in total. The van der Waals surface area contributed by atoms with Crippen LogP contribution in [-0.4, -0.2) is 59.2 Å². The van der Waals surface area contributed by atoms with Gasteiger partial charge < -0.3 is 14.7 Å². The van der Waals surface area contributed by atoms with Crippen molar-refractivity contribution in [3.63, 3.8) is 0 Å². The number of nitriles is 1. The molecule has 0 spiro atoms. The quantitative estimate of drug-likeness (QED) is 0.821. The van der Waals surface area contributed by atoms with Crippen molar-refractivity contribution in [2.75, 3.05) is 54.0 Å². The van der Waals surface area contributed by atoms with E-state index in [0.29, 0.717) is 11.5 Å². The highest BCUT2D eigenvalue weighted by Gasteiger charge is 2.23. The van der Waals surface area contributed by atoms with E-state index in [0.717, 1.165) is 56.7 Å². The molecule has 0 aromatic carbocycles. The molecule has 2 fully saturated rings. The molecule has 2 saturated heterocycles. The highest BCUT2D eigenvalue weighted by Crippen LogP contribution is 2.23. The van der Waals surface area contributed by atoms with Crippen LogP contribution in [0.3, 0.4) is 0 Å². The standard InChI is InChI=1S/C18H22N8/c1-14-12-16(23-18(22-14)26-6-2-3-7-26)24-8-10-25(11-9-24)17-15(13-19)20-4-5-21-17/h4-5,12H,2-3,6-11H2,1H3. The van der Waals surface area contributed by atoms with Crippen LogP contribution in [0.2, 0.25) is 0 Å². The molecule has 0 radical (unpaired) electrons. The lowest BCUT2D eigenvalue weighted by atomic mass is 10.2. The van der Waals surface area contributed by atoms with Crippen molar-refractivity contribution in [2.24, 2.45) is 0 Å². The largest absolute Gasteiger partial charge is 0.353 e. The zero-order chi connectivity index (χ0) is 17.9. The molecule has 2 aliphatic heterocycles. The number of aromatic nitrogens is 4. The van der Waals surface area contributed by atoms with Crippen LogP contribution in [0.1, 0.15) is 24.2 Å². The fourth-order valence-corrected chi connectivity index (χ4v) is 3.55. The van der Waals surface area contributed by atoms with Gasteiger partial charge in [0.05, 0.1) is 0 Å². The Hall–Kier alpha value is -2.95. The van der Waals surface area contributed by atoms with Gasteiger partial charge in [-0.2, -0.15) is 10.2 Å². The zero-order valence-electron chi connectivity index (χ0n) is 15.0. The van der Waals surface area contributed by atoms with E-state index in [-0.39, 0.29) is 0 Å². The minimum absolute atomic E-state index is 0.384. The lowest BCUT2D eigenvalue weighted by Crippen LogP contribution is -2.47. The number of rotatable bonds is 3. The van der Waals surface area contributed by atoms with E-state index in [1.165, 1.54) is 12.8 Å². The number of nitrogens with zero attached hydrogens (tertiary/aromatic N) is 8. The number of hydrogen-bond donors (Lipinski definition) is 0. The predicted molar refractivity (Wildman–Crippen MR) is 99.4 cm³/mol. The molecule has 4 rings (SSSR count). The first-order chi connectivity index (χ1) is 12.7. The molecule has 2 aromatic rings. The van der Waals surface area contributed by atoms with Crippen molar-refractivity contribution in [1.82, 2.24) is 19.9 Å². The molecule has 2 aromatic heterocycles. The van der Waals surface area contributed by atoms with Crippen LogP contribution in [0, 0.1) is 18.3 Å². The van der Waals surface area contributed by atoms with Crippen LogP contribution < -0.4 is 14.7 Å². The van der Waals surface area contributed by atoms with Crippen molar-refractivity contribution in [3.05, 3.63) is 29.8 Å². The predicted octanol–water partition coefficient (Wildman–Crippen LogP) is 1.37.